The fraction of sp³-hybridized carbons (Fsp3) is 0.562. The summed E-state index contributed by atoms with van der Waals surface area (Å²) in [6, 6.07) is 1.61. The van der Waals surface area contributed by atoms with E-state index in [1.807, 2.05) is 10.3 Å². The Hall–Kier alpha value is -1.73. The summed E-state index contributed by atoms with van der Waals surface area (Å²) in [5.74, 6) is 0.267. The van der Waals surface area contributed by atoms with Crippen LogP contribution in [0.25, 0.3) is 4.96 Å². The van der Waals surface area contributed by atoms with Crippen molar-refractivity contribution in [2.45, 2.75) is 32.7 Å². The first-order chi connectivity index (χ1) is 11.2. The van der Waals surface area contributed by atoms with E-state index in [1.165, 1.54) is 11.3 Å². The number of nitrogens with zero attached hydrogens (tertiary/aromatic N) is 4. The predicted molar refractivity (Wildman–Crippen MR) is 90.7 cm³/mol. The fourth-order valence-electron chi connectivity index (χ4n) is 2.84. The quantitative estimate of drug-likeness (QED) is 0.833. The molecule has 7 heteroatoms. The van der Waals surface area contributed by atoms with Crippen molar-refractivity contribution in [3.8, 4) is 0 Å². The summed E-state index contributed by atoms with van der Waals surface area (Å²) in [5, 5.41) is 1.87. The van der Waals surface area contributed by atoms with Crippen LogP contribution < -0.4 is 5.56 Å². The third kappa shape index (κ3) is 3.79. The van der Waals surface area contributed by atoms with E-state index in [0.717, 1.165) is 49.7 Å². The number of carbonyl (C=O) groups is 1. The number of hydrogen-bond donors (Lipinski definition) is 0. The van der Waals surface area contributed by atoms with Gasteiger partial charge in [0, 0.05) is 56.8 Å². The van der Waals surface area contributed by atoms with Gasteiger partial charge in [0.15, 0.2) is 4.96 Å². The summed E-state index contributed by atoms with van der Waals surface area (Å²) in [6.45, 7) is 5.98. The van der Waals surface area contributed by atoms with E-state index < -0.39 is 0 Å². The van der Waals surface area contributed by atoms with Gasteiger partial charge in [-0.15, -0.1) is 11.3 Å². The van der Waals surface area contributed by atoms with Crippen molar-refractivity contribution >= 4 is 22.2 Å². The van der Waals surface area contributed by atoms with Crippen LogP contribution in [0.3, 0.4) is 0 Å². The van der Waals surface area contributed by atoms with Crippen LogP contribution in [-0.4, -0.2) is 51.3 Å². The van der Waals surface area contributed by atoms with Gasteiger partial charge in [0.25, 0.3) is 5.56 Å². The Labute approximate surface area is 139 Å². The van der Waals surface area contributed by atoms with Crippen LogP contribution in [0.4, 0.5) is 0 Å². The molecule has 1 aliphatic rings. The van der Waals surface area contributed by atoms with Gasteiger partial charge in [0.2, 0.25) is 5.91 Å². The molecule has 0 aliphatic carbocycles. The van der Waals surface area contributed by atoms with Crippen molar-refractivity contribution in [3.63, 3.8) is 0 Å². The van der Waals surface area contributed by atoms with E-state index in [0.29, 0.717) is 13.0 Å². The number of rotatable bonds is 5. The molecule has 1 fully saturated rings. The van der Waals surface area contributed by atoms with Crippen molar-refractivity contribution in [2.24, 2.45) is 0 Å². The molecular weight excluding hydrogens is 312 g/mol. The third-order valence-electron chi connectivity index (χ3n) is 4.21. The summed E-state index contributed by atoms with van der Waals surface area (Å²) in [4.78, 5) is 33.5. The zero-order valence-electron chi connectivity index (χ0n) is 13.4. The molecule has 124 valence electrons. The Balaban J connectivity index is 1.57. The van der Waals surface area contributed by atoms with E-state index in [2.05, 4.69) is 16.8 Å². The molecule has 0 N–H and O–H groups in total. The molecule has 0 atom stereocenters. The molecule has 0 unspecified atom stereocenters. The summed E-state index contributed by atoms with van der Waals surface area (Å²) in [6.07, 6.45) is 4.43. The maximum atomic E-state index is 12.0. The van der Waals surface area contributed by atoms with Gasteiger partial charge in [-0.3, -0.25) is 18.9 Å². The summed E-state index contributed by atoms with van der Waals surface area (Å²) in [5.41, 5.74) is 0.780. The Kier molecular flexibility index (Phi) is 5.07. The van der Waals surface area contributed by atoms with Gasteiger partial charge >= 0.3 is 0 Å². The van der Waals surface area contributed by atoms with Crippen molar-refractivity contribution in [3.05, 3.63) is 33.7 Å². The molecule has 3 heterocycles. The molecule has 0 bridgehead atoms. The molecule has 2 aromatic heterocycles. The van der Waals surface area contributed by atoms with Gasteiger partial charge in [-0.05, 0) is 6.42 Å². The predicted octanol–water partition coefficient (Wildman–Crippen LogP) is 1.59. The summed E-state index contributed by atoms with van der Waals surface area (Å²) in [7, 11) is 0. The first-order valence-electron chi connectivity index (χ1n) is 8.13. The Bertz CT molecular complexity index is 731. The standard InChI is InChI=1S/C16H22N4O2S/c1-2-3-4-14(21)19-7-5-18(6-8-19)12-13-11-15(22)20-9-10-23-16(20)17-13/h9-11H,2-8,12H2,1H3. The molecule has 0 aromatic carbocycles. The second-order valence-corrected chi connectivity index (χ2v) is 6.77. The maximum Gasteiger partial charge on any atom is 0.258 e. The number of hydrogen-bond acceptors (Lipinski definition) is 5. The smallest absolute Gasteiger partial charge is 0.258 e. The molecule has 0 spiro atoms. The highest BCUT2D eigenvalue weighted by atomic mass is 32.1. The Morgan fingerprint density at radius 2 is 2.09 bits per heavy atom. The molecule has 23 heavy (non-hydrogen) atoms. The van der Waals surface area contributed by atoms with E-state index in [9.17, 15) is 9.59 Å². The summed E-state index contributed by atoms with van der Waals surface area (Å²) >= 11 is 1.47. The van der Waals surface area contributed by atoms with Gasteiger partial charge in [0.1, 0.15) is 0 Å². The van der Waals surface area contributed by atoms with E-state index >= 15 is 0 Å². The van der Waals surface area contributed by atoms with Crippen LogP contribution >= 0.6 is 11.3 Å². The number of piperazine rings is 1. The Morgan fingerprint density at radius 3 is 2.83 bits per heavy atom. The normalized spacial score (nSPS) is 16.1. The number of thiazole rings is 1. The topological polar surface area (TPSA) is 57.9 Å². The van der Waals surface area contributed by atoms with Gasteiger partial charge < -0.3 is 4.90 Å². The van der Waals surface area contributed by atoms with Crippen LogP contribution in [0.2, 0.25) is 0 Å². The van der Waals surface area contributed by atoms with Gasteiger partial charge in [0.05, 0.1) is 5.69 Å². The lowest BCUT2D eigenvalue weighted by Gasteiger charge is -2.34. The SMILES string of the molecule is CCCCC(=O)N1CCN(Cc2cc(=O)n3ccsc3n2)CC1. The van der Waals surface area contributed by atoms with Crippen LogP contribution in [0.1, 0.15) is 31.9 Å². The first kappa shape index (κ1) is 16.1. The maximum absolute atomic E-state index is 12.0. The molecule has 1 saturated heterocycles. The van der Waals surface area contributed by atoms with Crippen molar-refractivity contribution < 1.29 is 4.79 Å². The second-order valence-electron chi connectivity index (χ2n) is 5.90. The van der Waals surface area contributed by atoms with E-state index in [1.54, 1.807) is 16.7 Å². The molecule has 1 amide bonds. The van der Waals surface area contributed by atoms with E-state index in [-0.39, 0.29) is 11.5 Å². The highest BCUT2D eigenvalue weighted by Crippen LogP contribution is 2.11. The molecule has 3 rings (SSSR count). The lowest BCUT2D eigenvalue weighted by Crippen LogP contribution is -2.48. The third-order valence-corrected chi connectivity index (χ3v) is 4.97. The number of carbonyl (C=O) groups excluding carboxylic acids is 1. The van der Waals surface area contributed by atoms with Crippen molar-refractivity contribution in [1.29, 1.82) is 0 Å². The molecule has 0 saturated carbocycles. The average molecular weight is 334 g/mol. The molecule has 6 nitrogen and oxygen atoms in total. The van der Waals surface area contributed by atoms with Crippen LogP contribution in [-0.2, 0) is 11.3 Å². The number of unbranched alkanes of at least 4 members (excludes halogenated alkanes) is 1. The molecule has 0 radical (unpaired) electrons. The highest BCUT2D eigenvalue weighted by molar-refractivity contribution is 7.15. The second kappa shape index (κ2) is 7.23. The minimum Gasteiger partial charge on any atom is -0.340 e. The minimum atomic E-state index is -0.0281. The zero-order valence-corrected chi connectivity index (χ0v) is 14.2. The van der Waals surface area contributed by atoms with Crippen LogP contribution in [0.15, 0.2) is 22.4 Å². The monoisotopic (exact) mass is 334 g/mol. The van der Waals surface area contributed by atoms with Crippen molar-refractivity contribution in [2.75, 3.05) is 26.2 Å². The fourth-order valence-corrected chi connectivity index (χ4v) is 3.58. The van der Waals surface area contributed by atoms with Gasteiger partial charge in [-0.1, -0.05) is 13.3 Å². The average Bonchev–Trinajstić information content (AvgIpc) is 3.02. The number of amides is 1. The van der Waals surface area contributed by atoms with Crippen LogP contribution in [0.5, 0.6) is 0 Å². The van der Waals surface area contributed by atoms with Gasteiger partial charge in [-0.25, -0.2) is 4.98 Å². The van der Waals surface area contributed by atoms with Gasteiger partial charge in [-0.2, -0.15) is 0 Å². The molecular formula is C16H22N4O2S. The minimum absolute atomic E-state index is 0.0281. The first-order valence-corrected chi connectivity index (χ1v) is 9.01. The largest absolute Gasteiger partial charge is 0.340 e. The lowest BCUT2D eigenvalue weighted by molar-refractivity contribution is -0.133. The van der Waals surface area contributed by atoms with E-state index in [4.69, 9.17) is 0 Å². The lowest BCUT2D eigenvalue weighted by atomic mass is 10.2. The summed E-state index contributed by atoms with van der Waals surface area (Å²) < 4.78 is 1.57. The molecule has 1 aliphatic heterocycles. The molecule has 2 aromatic rings. The van der Waals surface area contributed by atoms with Crippen molar-refractivity contribution in [1.82, 2.24) is 19.2 Å². The Morgan fingerprint density at radius 1 is 1.30 bits per heavy atom. The zero-order chi connectivity index (χ0) is 16.2. The van der Waals surface area contributed by atoms with Crippen LogP contribution in [0, 0.1) is 0 Å². The number of aromatic nitrogens is 2. The number of fused-ring (bicyclic) bond motifs is 1. The highest BCUT2D eigenvalue weighted by Gasteiger charge is 2.21.